The maximum absolute atomic E-state index is 10.5. The van der Waals surface area contributed by atoms with Gasteiger partial charge >= 0.3 is 0 Å². The molecule has 0 aliphatic rings. The Morgan fingerprint density at radius 1 is 0.905 bits per heavy atom. The van der Waals surface area contributed by atoms with Crippen LogP contribution >= 0.6 is 0 Å². The minimum absolute atomic E-state index is 0.0795. The lowest BCUT2D eigenvalue weighted by molar-refractivity contribution is -0.384. The standard InChI is InChI=1S/C15H11NO2.C3H8/c1-12-2-4-13(5-3-12)6-7-14-8-10-15(11-9-14)16(17)18;1-3-2/h2-5,8-11H,1H3;3H2,1-2H3. The second-order valence-corrected chi connectivity index (χ2v) is 4.63. The van der Waals surface area contributed by atoms with Gasteiger partial charge in [0.2, 0.25) is 0 Å². The Bertz CT molecular complexity index is 632. The van der Waals surface area contributed by atoms with Gasteiger partial charge in [-0.2, -0.15) is 0 Å². The molecular weight excluding hydrogens is 262 g/mol. The largest absolute Gasteiger partial charge is 0.269 e. The van der Waals surface area contributed by atoms with E-state index in [1.165, 1.54) is 24.1 Å². The van der Waals surface area contributed by atoms with Crippen molar-refractivity contribution in [1.29, 1.82) is 0 Å². The Labute approximate surface area is 125 Å². The molecule has 108 valence electrons. The quantitative estimate of drug-likeness (QED) is 0.431. The first kappa shape index (κ1) is 16.5. The number of benzene rings is 2. The zero-order valence-corrected chi connectivity index (χ0v) is 12.6. The highest BCUT2D eigenvalue weighted by Crippen LogP contribution is 2.11. The Morgan fingerprint density at radius 3 is 1.67 bits per heavy atom. The molecule has 0 unspecified atom stereocenters. The van der Waals surface area contributed by atoms with E-state index in [1.807, 2.05) is 31.2 Å². The molecule has 0 heterocycles. The summed E-state index contributed by atoms with van der Waals surface area (Å²) in [6.07, 6.45) is 1.25. The summed E-state index contributed by atoms with van der Waals surface area (Å²) < 4.78 is 0. The van der Waals surface area contributed by atoms with Crippen LogP contribution in [0.4, 0.5) is 5.69 Å². The highest BCUT2D eigenvalue weighted by molar-refractivity contribution is 5.45. The van der Waals surface area contributed by atoms with Crippen molar-refractivity contribution in [3.63, 3.8) is 0 Å². The molecule has 0 aromatic heterocycles. The van der Waals surface area contributed by atoms with E-state index >= 15 is 0 Å². The zero-order valence-electron chi connectivity index (χ0n) is 12.6. The van der Waals surface area contributed by atoms with E-state index < -0.39 is 4.92 Å². The van der Waals surface area contributed by atoms with Gasteiger partial charge in [0, 0.05) is 23.3 Å². The first-order valence-corrected chi connectivity index (χ1v) is 6.90. The van der Waals surface area contributed by atoms with E-state index in [0.717, 1.165) is 11.1 Å². The molecule has 3 heteroatoms. The van der Waals surface area contributed by atoms with Gasteiger partial charge in [-0.3, -0.25) is 10.1 Å². The fourth-order valence-electron chi connectivity index (χ4n) is 1.45. The van der Waals surface area contributed by atoms with Crippen LogP contribution in [0.25, 0.3) is 0 Å². The molecule has 2 aromatic carbocycles. The van der Waals surface area contributed by atoms with Crippen LogP contribution in [-0.2, 0) is 0 Å². The molecule has 21 heavy (non-hydrogen) atoms. The number of rotatable bonds is 1. The zero-order chi connectivity index (χ0) is 15.7. The number of aryl methyl sites for hydroxylation is 1. The smallest absolute Gasteiger partial charge is 0.258 e. The maximum Gasteiger partial charge on any atom is 0.269 e. The van der Waals surface area contributed by atoms with Crippen LogP contribution in [0.5, 0.6) is 0 Å². The van der Waals surface area contributed by atoms with Crippen LogP contribution in [0, 0.1) is 28.9 Å². The van der Waals surface area contributed by atoms with Gasteiger partial charge in [-0.15, -0.1) is 0 Å². The molecule has 0 saturated carbocycles. The maximum atomic E-state index is 10.5. The van der Waals surface area contributed by atoms with Crippen molar-refractivity contribution >= 4 is 5.69 Å². The van der Waals surface area contributed by atoms with Crippen molar-refractivity contribution in [2.45, 2.75) is 27.2 Å². The summed E-state index contributed by atoms with van der Waals surface area (Å²) >= 11 is 0. The van der Waals surface area contributed by atoms with Crippen molar-refractivity contribution in [3.8, 4) is 11.8 Å². The van der Waals surface area contributed by atoms with Gasteiger partial charge in [0.05, 0.1) is 4.92 Å². The van der Waals surface area contributed by atoms with Crippen LogP contribution in [0.3, 0.4) is 0 Å². The van der Waals surface area contributed by atoms with E-state index in [1.54, 1.807) is 12.1 Å². The molecule has 0 N–H and O–H groups in total. The molecular formula is C18H19NO2. The normalized spacial score (nSPS) is 8.90. The number of hydrogen-bond acceptors (Lipinski definition) is 2. The van der Waals surface area contributed by atoms with Gasteiger partial charge in [-0.1, -0.05) is 49.8 Å². The van der Waals surface area contributed by atoms with Crippen LogP contribution in [0.1, 0.15) is 37.0 Å². The average molecular weight is 281 g/mol. The molecule has 0 aliphatic heterocycles. The third kappa shape index (κ3) is 5.92. The van der Waals surface area contributed by atoms with Gasteiger partial charge in [0.15, 0.2) is 0 Å². The highest BCUT2D eigenvalue weighted by Gasteiger charge is 2.02. The van der Waals surface area contributed by atoms with Gasteiger partial charge in [-0.05, 0) is 31.2 Å². The SMILES string of the molecule is CCC.Cc1ccc(C#Cc2ccc([N+](=O)[O-])cc2)cc1. The molecule has 0 bridgehead atoms. The number of nitrogens with zero attached hydrogens (tertiary/aromatic N) is 1. The molecule has 0 fully saturated rings. The molecule has 2 aromatic rings. The Balaban J connectivity index is 0.000000677. The molecule has 0 saturated heterocycles. The van der Waals surface area contributed by atoms with E-state index in [-0.39, 0.29) is 5.69 Å². The van der Waals surface area contributed by atoms with Crippen LogP contribution in [0.15, 0.2) is 48.5 Å². The second kappa shape index (κ2) is 8.55. The van der Waals surface area contributed by atoms with E-state index in [4.69, 9.17) is 0 Å². The second-order valence-electron chi connectivity index (χ2n) is 4.63. The summed E-state index contributed by atoms with van der Waals surface area (Å²) in [7, 11) is 0. The van der Waals surface area contributed by atoms with Crippen molar-refractivity contribution in [3.05, 3.63) is 75.3 Å². The van der Waals surface area contributed by atoms with Crippen molar-refractivity contribution in [1.82, 2.24) is 0 Å². The predicted molar refractivity (Wildman–Crippen MR) is 86.2 cm³/mol. The summed E-state index contributed by atoms with van der Waals surface area (Å²) in [5, 5.41) is 10.5. The van der Waals surface area contributed by atoms with E-state index in [0.29, 0.717) is 0 Å². The summed E-state index contributed by atoms with van der Waals surface area (Å²) in [5.41, 5.74) is 2.96. The third-order valence-corrected chi connectivity index (χ3v) is 2.48. The highest BCUT2D eigenvalue weighted by atomic mass is 16.6. The minimum Gasteiger partial charge on any atom is -0.258 e. The first-order chi connectivity index (χ1) is 10.1. The molecule has 0 aliphatic carbocycles. The van der Waals surface area contributed by atoms with E-state index in [2.05, 4.69) is 25.7 Å². The molecule has 0 atom stereocenters. The number of hydrogen-bond donors (Lipinski definition) is 0. The average Bonchev–Trinajstić information content (AvgIpc) is 2.48. The Hall–Kier alpha value is -2.60. The van der Waals surface area contributed by atoms with Gasteiger partial charge in [0.1, 0.15) is 0 Å². The Morgan fingerprint density at radius 2 is 1.29 bits per heavy atom. The lowest BCUT2D eigenvalue weighted by Gasteiger charge is -1.93. The minimum atomic E-state index is -0.419. The summed E-state index contributed by atoms with van der Waals surface area (Å²) in [6, 6.07) is 14.1. The lowest BCUT2D eigenvalue weighted by Crippen LogP contribution is -1.86. The number of non-ortho nitro benzene ring substituents is 1. The fraction of sp³-hybridized carbons (Fsp3) is 0.222. The molecule has 0 amide bonds. The van der Waals surface area contributed by atoms with Gasteiger partial charge < -0.3 is 0 Å². The van der Waals surface area contributed by atoms with Crippen molar-refractivity contribution in [2.24, 2.45) is 0 Å². The van der Waals surface area contributed by atoms with Gasteiger partial charge in [0.25, 0.3) is 5.69 Å². The molecule has 0 radical (unpaired) electrons. The van der Waals surface area contributed by atoms with E-state index in [9.17, 15) is 10.1 Å². The number of nitro benzene ring substituents is 1. The summed E-state index contributed by atoms with van der Waals surface area (Å²) in [4.78, 5) is 10.1. The molecule has 2 rings (SSSR count). The molecule has 3 nitrogen and oxygen atoms in total. The molecule has 0 spiro atoms. The monoisotopic (exact) mass is 281 g/mol. The van der Waals surface area contributed by atoms with Crippen molar-refractivity contribution in [2.75, 3.05) is 0 Å². The van der Waals surface area contributed by atoms with Crippen LogP contribution < -0.4 is 0 Å². The summed E-state index contributed by atoms with van der Waals surface area (Å²) in [5.74, 6) is 5.99. The lowest BCUT2D eigenvalue weighted by atomic mass is 10.1. The number of nitro groups is 1. The van der Waals surface area contributed by atoms with Gasteiger partial charge in [-0.25, -0.2) is 0 Å². The fourth-order valence-corrected chi connectivity index (χ4v) is 1.45. The van der Waals surface area contributed by atoms with Crippen LogP contribution in [-0.4, -0.2) is 4.92 Å². The third-order valence-electron chi connectivity index (χ3n) is 2.48. The Kier molecular flexibility index (Phi) is 6.70. The van der Waals surface area contributed by atoms with Crippen molar-refractivity contribution < 1.29 is 4.92 Å². The van der Waals surface area contributed by atoms with Crippen LogP contribution in [0.2, 0.25) is 0 Å². The topological polar surface area (TPSA) is 43.1 Å². The summed E-state index contributed by atoms with van der Waals surface area (Å²) in [6.45, 7) is 6.27. The first-order valence-electron chi connectivity index (χ1n) is 6.90. The predicted octanol–water partition coefficient (Wildman–Crippen LogP) is 4.72.